The molecule has 2 amide bonds. The fourth-order valence-electron chi connectivity index (χ4n) is 2.72. The molecule has 1 aliphatic heterocycles. The van der Waals surface area contributed by atoms with E-state index >= 15 is 0 Å². The molecule has 2 heterocycles. The lowest BCUT2D eigenvalue weighted by Crippen LogP contribution is -2.43. The molecule has 1 aromatic heterocycles. The normalized spacial score (nSPS) is 16.2. The zero-order valence-electron chi connectivity index (χ0n) is 16.1. The van der Waals surface area contributed by atoms with Crippen LogP contribution in [0.15, 0.2) is 33.4 Å². The summed E-state index contributed by atoms with van der Waals surface area (Å²) in [5, 5.41) is 15.9. The van der Waals surface area contributed by atoms with Crippen LogP contribution in [0, 0.1) is 0 Å². The van der Waals surface area contributed by atoms with Crippen LogP contribution < -0.4 is 5.32 Å². The molecule has 1 aromatic rings. The Hall–Kier alpha value is -3.37. The van der Waals surface area contributed by atoms with Crippen LogP contribution in [0.25, 0.3) is 0 Å². The van der Waals surface area contributed by atoms with E-state index in [2.05, 4.69) is 20.0 Å². The van der Waals surface area contributed by atoms with Gasteiger partial charge in [-0.25, -0.2) is 4.99 Å². The third-order valence-electron chi connectivity index (χ3n) is 4.10. The van der Waals surface area contributed by atoms with Crippen molar-refractivity contribution in [2.75, 3.05) is 45.6 Å². The monoisotopic (exact) mass is 392 g/mol. The SMILES string of the molecule is CC(=O)N1CCCN(/C(=N/C(C(=O)Nc2cnoc2)=C(/O)C=O)N(C)C)CC1. The highest BCUT2D eigenvalue weighted by molar-refractivity contribution is 6.07. The number of aldehydes is 1. The number of aromatic nitrogens is 1. The average molecular weight is 392 g/mol. The Morgan fingerprint density at radius 3 is 2.54 bits per heavy atom. The van der Waals surface area contributed by atoms with E-state index < -0.39 is 17.4 Å². The second-order valence-corrected chi connectivity index (χ2v) is 6.37. The number of nitrogens with zero attached hydrogens (tertiary/aromatic N) is 5. The van der Waals surface area contributed by atoms with Crippen LogP contribution in [-0.2, 0) is 14.4 Å². The molecule has 0 radical (unpaired) electrons. The summed E-state index contributed by atoms with van der Waals surface area (Å²) in [6.45, 7) is 3.76. The minimum Gasteiger partial charge on any atom is -0.503 e. The zero-order chi connectivity index (χ0) is 20.7. The van der Waals surface area contributed by atoms with Crippen LogP contribution in [-0.4, -0.2) is 89.3 Å². The van der Waals surface area contributed by atoms with Crippen LogP contribution in [0.2, 0.25) is 0 Å². The van der Waals surface area contributed by atoms with Crippen LogP contribution in [0.5, 0.6) is 0 Å². The number of carbonyl (C=O) groups is 3. The summed E-state index contributed by atoms with van der Waals surface area (Å²) in [5.74, 6) is -1.20. The Morgan fingerprint density at radius 1 is 1.29 bits per heavy atom. The van der Waals surface area contributed by atoms with Crippen molar-refractivity contribution in [1.29, 1.82) is 0 Å². The highest BCUT2D eigenvalue weighted by Crippen LogP contribution is 2.13. The van der Waals surface area contributed by atoms with E-state index in [4.69, 9.17) is 0 Å². The quantitative estimate of drug-likeness (QED) is 0.242. The van der Waals surface area contributed by atoms with E-state index in [1.165, 1.54) is 19.4 Å². The number of hydrogen-bond donors (Lipinski definition) is 2. The molecule has 11 heteroatoms. The lowest BCUT2D eigenvalue weighted by Gasteiger charge is -2.29. The van der Waals surface area contributed by atoms with Crippen molar-refractivity contribution in [3.63, 3.8) is 0 Å². The molecule has 0 unspecified atom stereocenters. The van der Waals surface area contributed by atoms with Crippen molar-refractivity contribution in [3.8, 4) is 0 Å². The first-order chi connectivity index (χ1) is 13.3. The van der Waals surface area contributed by atoms with E-state index in [0.717, 1.165) is 6.42 Å². The average Bonchev–Trinajstić information content (AvgIpc) is 3.03. The van der Waals surface area contributed by atoms with Gasteiger partial charge >= 0.3 is 0 Å². The molecule has 0 atom stereocenters. The zero-order valence-corrected chi connectivity index (χ0v) is 16.1. The fraction of sp³-hybridized carbons (Fsp3) is 0.471. The van der Waals surface area contributed by atoms with Crippen LogP contribution in [0.4, 0.5) is 5.69 Å². The third-order valence-corrected chi connectivity index (χ3v) is 4.10. The van der Waals surface area contributed by atoms with Crippen LogP contribution >= 0.6 is 0 Å². The molecule has 2 rings (SSSR count). The molecule has 0 spiro atoms. The molecule has 1 saturated heterocycles. The van der Waals surface area contributed by atoms with Gasteiger partial charge in [-0.15, -0.1) is 0 Å². The van der Waals surface area contributed by atoms with Gasteiger partial charge in [0.2, 0.25) is 11.9 Å². The number of aliphatic hydroxyl groups is 1. The van der Waals surface area contributed by atoms with Gasteiger partial charge in [0, 0.05) is 47.2 Å². The number of aliphatic imine (C=N–C) groups is 1. The van der Waals surface area contributed by atoms with Crippen molar-refractivity contribution < 1.29 is 24.0 Å². The number of guanidine groups is 1. The summed E-state index contributed by atoms with van der Waals surface area (Å²) in [6.07, 6.45) is 3.35. The van der Waals surface area contributed by atoms with Gasteiger partial charge in [-0.3, -0.25) is 14.4 Å². The highest BCUT2D eigenvalue weighted by Gasteiger charge is 2.23. The van der Waals surface area contributed by atoms with Gasteiger partial charge in [-0.1, -0.05) is 5.16 Å². The van der Waals surface area contributed by atoms with Gasteiger partial charge in [0.25, 0.3) is 5.91 Å². The van der Waals surface area contributed by atoms with Gasteiger partial charge in [-0.2, -0.15) is 0 Å². The first-order valence-electron chi connectivity index (χ1n) is 8.69. The second-order valence-electron chi connectivity index (χ2n) is 6.37. The smallest absolute Gasteiger partial charge is 0.278 e. The lowest BCUT2D eigenvalue weighted by atomic mass is 10.3. The molecule has 152 valence electrons. The number of anilines is 1. The van der Waals surface area contributed by atoms with Crippen molar-refractivity contribution in [2.24, 2.45) is 4.99 Å². The topological polar surface area (TPSA) is 132 Å². The number of aliphatic hydroxyl groups excluding tert-OH is 1. The second kappa shape index (κ2) is 9.53. The van der Waals surface area contributed by atoms with E-state index in [9.17, 15) is 19.5 Å². The summed E-state index contributed by atoms with van der Waals surface area (Å²) >= 11 is 0. The maximum Gasteiger partial charge on any atom is 0.278 e. The molecular formula is C17H24N6O5. The largest absolute Gasteiger partial charge is 0.503 e. The Bertz CT molecular complexity index is 771. The molecule has 0 aliphatic carbocycles. The van der Waals surface area contributed by atoms with Gasteiger partial charge < -0.3 is 29.6 Å². The first-order valence-corrected chi connectivity index (χ1v) is 8.69. The molecule has 1 aliphatic rings. The minimum atomic E-state index is -0.798. The van der Waals surface area contributed by atoms with Crippen molar-refractivity contribution in [1.82, 2.24) is 19.9 Å². The molecule has 28 heavy (non-hydrogen) atoms. The van der Waals surface area contributed by atoms with Gasteiger partial charge in [0.05, 0.1) is 6.20 Å². The predicted octanol–water partition coefficient (Wildman–Crippen LogP) is 0.0534. The van der Waals surface area contributed by atoms with Crippen molar-refractivity contribution >= 4 is 29.7 Å². The van der Waals surface area contributed by atoms with E-state index in [-0.39, 0.29) is 17.9 Å². The van der Waals surface area contributed by atoms with Gasteiger partial charge in [0.15, 0.2) is 17.7 Å². The molecular weight excluding hydrogens is 368 g/mol. The Labute approximate surface area is 162 Å². The maximum absolute atomic E-state index is 12.5. The number of hydrogen-bond acceptors (Lipinski definition) is 7. The number of amides is 2. The molecule has 0 aromatic carbocycles. The molecule has 2 N–H and O–H groups in total. The summed E-state index contributed by atoms with van der Waals surface area (Å²) in [6, 6.07) is 0. The van der Waals surface area contributed by atoms with E-state index in [1.807, 2.05) is 4.90 Å². The molecule has 0 bridgehead atoms. The Balaban J connectivity index is 2.30. The van der Waals surface area contributed by atoms with Crippen molar-refractivity contribution in [2.45, 2.75) is 13.3 Å². The third kappa shape index (κ3) is 5.32. The molecule has 11 nitrogen and oxygen atoms in total. The molecule has 0 saturated carbocycles. The fourth-order valence-corrected chi connectivity index (χ4v) is 2.72. The number of nitrogens with one attached hydrogen (secondary N) is 1. The summed E-state index contributed by atoms with van der Waals surface area (Å²) < 4.78 is 4.64. The van der Waals surface area contributed by atoms with Crippen LogP contribution in [0.1, 0.15) is 13.3 Å². The first kappa shape index (κ1) is 20.9. The van der Waals surface area contributed by atoms with Crippen LogP contribution in [0.3, 0.4) is 0 Å². The lowest BCUT2D eigenvalue weighted by molar-refractivity contribution is -0.128. The standard InChI is InChI=1S/C17H24N6O5/c1-12(25)22-5-4-6-23(8-7-22)17(21(2)3)20-15(14(26)10-24)16(27)19-13-9-18-28-11-13/h9-11,26H,4-8H2,1-3H3,(H,19,27)/b15-14+,20-17+. The van der Waals surface area contributed by atoms with Gasteiger partial charge in [-0.05, 0) is 6.42 Å². The highest BCUT2D eigenvalue weighted by atomic mass is 16.5. The minimum absolute atomic E-state index is 0.00234. The Kier molecular flexibility index (Phi) is 7.13. The Morgan fingerprint density at radius 2 is 1.96 bits per heavy atom. The number of rotatable bonds is 4. The number of carbonyl (C=O) groups excluding carboxylic acids is 3. The summed E-state index contributed by atoms with van der Waals surface area (Å²) in [5.41, 5.74) is -0.178. The maximum atomic E-state index is 12.5. The van der Waals surface area contributed by atoms with Gasteiger partial charge in [0.1, 0.15) is 12.0 Å². The predicted molar refractivity (Wildman–Crippen MR) is 100 cm³/mol. The number of allylic oxidation sites excluding steroid dienone is 1. The molecule has 1 fully saturated rings. The summed E-state index contributed by atoms with van der Waals surface area (Å²) in [4.78, 5) is 44.8. The van der Waals surface area contributed by atoms with E-state index in [0.29, 0.717) is 32.1 Å². The van der Waals surface area contributed by atoms with E-state index in [1.54, 1.807) is 23.9 Å². The van der Waals surface area contributed by atoms with Crippen molar-refractivity contribution in [3.05, 3.63) is 23.9 Å². The summed E-state index contributed by atoms with van der Waals surface area (Å²) in [7, 11) is 3.47.